The summed E-state index contributed by atoms with van der Waals surface area (Å²) in [5.74, 6) is -7.35. The molecule has 0 bridgehead atoms. The van der Waals surface area contributed by atoms with E-state index in [2.05, 4.69) is 0 Å². The highest BCUT2D eigenvalue weighted by Crippen LogP contribution is 2.26. The maximum Gasteiger partial charge on any atom is 0.338 e. The molecule has 0 saturated carbocycles. The highest BCUT2D eigenvalue weighted by Gasteiger charge is 2.19. The average Bonchev–Trinajstić information content (AvgIpc) is 2.54. The minimum Gasteiger partial charge on any atom is -0.478 e. The smallest absolute Gasteiger partial charge is 0.338 e. The lowest BCUT2D eigenvalue weighted by atomic mass is 10.2. The van der Waals surface area contributed by atoms with Gasteiger partial charge in [-0.15, -0.1) is 0 Å². The molecule has 4 nitrogen and oxygen atoms in total. The first kappa shape index (κ1) is 21.5. The van der Waals surface area contributed by atoms with Crippen LogP contribution in [0.1, 0.15) is 20.7 Å². The van der Waals surface area contributed by atoms with Gasteiger partial charge >= 0.3 is 11.9 Å². The number of hydrogen-bond donors (Lipinski definition) is 2. The van der Waals surface area contributed by atoms with Crippen LogP contribution in [0.2, 0.25) is 10.0 Å². The molecule has 0 aliphatic heterocycles. The highest BCUT2D eigenvalue weighted by molar-refractivity contribution is 14.1. The van der Waals surface area contributed by atoms with Crippen molar-refractivity contribution in [3.8, 4) is 0 Å². The summed E-state index contributed by atoms with van der Waals surface area (Å²) in [7, 11) is 0. The molecule has 11 heteroatoms. The van der Waals surface area contributed by atoms with Crippen molar-refractivity contribution in [2.75, 3.05) is 0 Å². The molecule has 0 spiro atoms. The Hall–Kier alpha value is -1.59. The number of carboxylic acids is 2. The van der Waals surface area contributed by atoms with Gasteiger partial charge in [-0.1, -0.05) is 23.2 Å². The predicted molar refractivity (Wildman–Crippen MR) is 89.4 cm³/mol. The summed E-state index contributed by atoms with van der Waals surface area (Å²) in [4.78, 5) is 20.7. The number of carboxylic acid groups (broad SMARTS) is 2. The normalized spacial score (nSPS) is 10.0. The third-order valence-corrected chi connectivity index (χ3v) is 4.06. The molecule has 0 heterocycles. The summed E-state index contributed by atoms with van der Waals surface area (Å²) in [6, 6.07) is 2.51. The first-order valence-corrected chi connectivity index (χ1v) is 7.75. The number of aromatic carboxylic acids is 2. The lowest BCUT2D eigenvalue weighted by molar-refractivity contribution is 0.0680. The molecule has 2 aromatic carbocycles. The molecular formula is C14H5Cl2F4IO4. The van der Waals surface area contributed by atoms with Crippen molar-refractivity contribution in [1.82, 2.24) is 0 Å². The molecule has 0 unspecified atom stereocenters. The van der Waals surface area contributed by atoms with Gasteiger partial charge in [-0.05, 0) is 40.8 Å². The zero-order valence-electron chi connectivity index (χ0n) is 11.6. The molecule has 2 aromatic rings. The highest BCUT2D eigenvalue weighted by atomic mass is 127. The molecule has 0 aliphatic carbocycles. The van der Waals surface area contributed by atoms with Gasteiger partial charge in [0, 0.05) is 0 Å². The number of rotatable bonds is 2. The molecule has 0 atom stereocenters. The Bertz CT molecular complexity index is 861. The maximum atomic E-state index is 12.9. The van der Waals surface area contributed by atoms with E-state index in [1.54, 1.807) is 0 Å². The van der Waals surface area contributed by atoms with Crippen molar-refractivity contribution in [3.05, 3.63) is 66.2 Å². The van der Waals surface area contributed by atoms with E-state index in [1.165, 1.54) is 22.6 Å². The van der Waals surface area contributed by atoms with E-state index in [0.717, 1.165) is 18.2 Å². The summed E-state index contributed by atoms with van der Waals surface area (Å²) in [6.07, 6.45) is 0. The number of hydrogen-bond acceptors (Lipinski definition) is 2. The molecule has 0 amide bonds. The van der Waals surface area contributed by atoms with Gasteiger partial charge in [0.1, 0.15) is 15.9 Å². The molecule has 0 radical (unpaired) electrons. The van der Waals surface area contributed by atoms with Gasteiger partial charge in [-0.3, -0.25) is 0 Å². The van der Waals surface area contributed by atoms with Gasteiger partial charge in [0.2, 0.25) is 0 Å². The van der Waals surface area contributed by atoms with Crippen LogP contribution in [-0.4, -0.2) is 22.2 Å². The van der Waals surface area contributed by atoms with Crippen molar-refractivity contribution in [1.29, 1.82) is 0 Å². The van der Waals surface area contributed by atoms with Crippen molar-refractivity contribution in [3.63, 3.8) is 0 Å². The fourth-order valence-electron chi connectivity index (χ4n) is 1.42. The number of halogens is 7. The first-order chi connectivity index (χ1) is 11.5. The molecule has 0 aliphatic rings. The van der Waals surface area contributed by atoms with Gasteiger partial charge < -0.3 is 10.2 Å². The lowest BCUT2D eigenvalue weighted by Gasteiger charge is -2.02. The third kappa shape index (κ3) is 4.95. The minimum absolute atomic E-state index is 0.0265. The molecular weight excluding hydrogens is 506 g/mol. The second-order valence-electron chi connectivity index (χ2n) is 4.18. The fraction of sp³-hybridized carbons (Fsp3) is 0. The van der Waals surface area contributed by atoms with E-state index >= 15 is 0 Å². The second kappa shape index (κ2) is 8.68. The largest absolute Gasteiger partial charge is 0.478 e. The van der Waals surface area contributed by atoms with E-state index in [4.69, 9.17) is 33.4 Å². The maximum absolute atomic E-state index is 12.9. The van der Waals surface area contributed by atoms with Crippen LogP contribution in [-0.2, 0) is 0 Å². The summed E-state index contributed by atoms with van der Waals surface area (Å²) in [5.41, 5.74) is -1.27. The predicted octanol–water partition coefficient (Wildman–Crippen LogP) is 5.24. The Morgan fingerprint density at radius 3 is 1.80 bits per heavy atom. The van der Waals surface area contributed by atoms with Crippen LogP contribution in [0.25, 0.3) is 0 Å². The molecule has 0 aromatic heterocycles. The molecule has 2 N–H and O–H groups in total. The average molecular weight is 511 g/mol. The van der Waals surface area contributed by atoms with E-state index in [9.17, 15) is 27.2 Å². The van der Waals surface area contributed by atoms with Gasteiger partial charge in [0.15, 0.2) is 17.5 Å². The van der Waals surface area contributed by atoms with Crippen LogP contribution in [0.15, 0.2) is 18.2 Å². The molecule has 25 heavy (non-hydrogen) atoms. The van der Waals surface area contributed by atoms with E-state index in [-0.39, 0.29) is 3.57 Å². The summed E-state index contributed by atoms with van der Waals surface area (Å²) < 4.78 is 51.0. The standard InChI is InChI=1S/C7H2ClF2IO2.C7H3ClF2O2/c8-4-5(9)2(7(12)13)1-3(11)6(4)10;8-5-4(9)2-1-3(6(5)10)7(11)12/h1H,(H,12,13);1-2H,(H,11,12). The van der Waals surface area contributed by atoms with Gasteiger partial charge in [-0.25, -0.2) is 27.2 Å². The zero-order valence-corrected chi connectivity index (χ0v) is 15.3. The second-order valence-corrected chi connectivity index (χ2v) is 6.10. The summed E-state index contributed by atoms with van der Waals surface area (Å²) in [6.45, 7) is 0. The molecule has 2 rings (SSSR count). The first-order valence-electron chi connectivity index (χ1n) is 5.92. The topological polar surface area (TPSA) is 74.6 Å². The van der Waals surface area contributed by atoms with Crippen LogP contribution >= 0.6 is 45.8 Å². The zero-order chi connectivity index (χ0) is 19.5. The van der Waals surface area contributed by atoms with Crippen LogP contribution < -0.4 is 0 Å². The van der Waals surface area contributed by atoms with Crippen LogP contribution in [0.3, 0.4) is 0 Å². The van der Waals surface area contributed by atoms with Crippen LogP contribution in [0, 0.1) is 26.8 Å². The van der Waals surface area contributed by atoms with E-state index in [1.807, 2.05) is 0 Å². The Labute approximate surface area is 161 Å². The Kier molecular flexibility index (Phi) is 7.44. The number of benzene rings is 2. The van der Waals surface area contributed by atoms with Crippen molar-refractivity contribution in [2.24, 2.45) is 0 Å². The SMILES string of the molecule is O=C(O)c1cc(I)c(F)c(Cl)c1F.O=C(O)c1ccc(F)c(Cl)c1F. The van der Waals surface area contributed by atoms with E-state index in [0.29, 0.717) is 0 Å². The minimum atomic E-state index is -1.48. The summed E-state index contributed by atoms with van der Waals surface area (Å²) >= 11 is 11.9. The lowest BCUT2D eigenvalue weighted by Crippen LogP contribution is -2.03. The van der Waals surface area contributed by atoms with Gasteiger partial charge in [-0.2, -0.15) is 0 Å². The quantitative estimate of drug-likeness (QED) is 0.251. The third-order valence-electron chi connectivity index (χ3n) is 2.60. The fourth-order valence-corrected chi connectivity index (χ4v) is 2.53. The van der Waals surface area contributed by atoms with Crippen molar-refractivity contribution < 1.29 is 37.4 Å². The van der Waals surface area contributed by atoms with Crippen LogP contribution in [0.4, 0.5) is 17.6 Å². The Balaban J connectivity index is 0.000000251. The molecule has 134 valence electrons. The molecule has 0 saturated heterocycles. The molecule has 0 fully saturated rings. The van der Waals surface area contributed by atoms with Crippen LogP contribution in [0.5, 0.6) is 0 Å². The van der Waals surface area contributed by atoms with Crippen molar-refractivity contribution >= 4 is 57.7 Å². The van der Waals surface area contributed by atoms with Gasteiger partial charge in [0.25, 0.3) is 0 Å². The Morgan fingerprint density at radius 2 is 1.32 bits per heavy atom. The van der Waals surface area contributed by atoms with Crippen molar-refractivity contribution in [2.45, 2.75) is 0 Å². The Morgan fingerprint density at radius 1 is 0.840 bits per heavy atom. The van der Waals surface area contributed by atoms with E-state index < -0.39 is 56.4 Å². The summed E-state index contributed by atoms with van der Waals surface area (Å²) in [5, 5.41) is 15.3. The monoisotopic (exact) mass is 510 g/mol. The van der Waals surface area contributed by atoms with Gasteiger partial charge in [0.05, 0.1) is 14.7 Å². The number of carbonyl (C=O) groups is 2.